The number of nitrogens with two attached hydrogens (primary N) is 1. The Kier molecular flexibility index (Phi) is 3.93. The normalized spacial score (nSPS) is 15.7. The quantitative estimate of drug-likeness (QED) is 0.919. The second-order valence-corrected chi connectivity index (χ2v) is 6.51. The topological polar surface area (TPSA) is 52.9 Å². The molecule has 1 aliphatic carbocycles. The van der Waals surface area contributed by atoms with Gasteiger partial charge in [-0.05, 0) is 38.0 Å². The van der Waals surface area contributed by atoms with Crippen molar-refractivity contribution in [2.45, 2.75) is 45.1 Å². The standard InChI is InChI=1S/C16H20BrN3O/c1-2-19-15(11-6-3-4-7-11)14(18)16(21)20(19)13-9-5-8-12(17)10-13/h5,8-11H,2-4,6-7,18H2,1H3. The summed E-state index contributed by atoms with van der Waals surface area (Å²) in [5.74, 6) is 0.422. The van der Waals surface area contributed by atoms with E-state index in [0.29, 0.717) is 11.6 Å². The van der Waals surface area contributed by atoms with E-state index >= 15 is 0 Å². The second kappa shape index (κ2) is 5.72. The van der Waals surface area contributed by atoms with Gasteiger partial charge in [0.25, 0.3) is 5.56 Å². The largest absolute Gasteiger partial charge is 0.393 e. The Morgan fingerprint density at radius 3 is 2.67 bits per heavy atom. The van der Waals surface area contributed by atoms with E-state index in [2.05, 4.69) is 27.5 Å². The molecule has 1 aromatic carbocycles. The van der Waals surface area contributed by atoms with E-state index < -0.39 is 0 Å². The molecule has 5 heteroatoms. The van der Waals surface area contributed by atoms with Gasteiger partial charge in [0, 0.05) is 16.9 Å². The highest BCUT2D eigenvalue weighted by atomic mass is 79.9. The highest BCUT2D eigenvalue weighted by Crippen LogP contribution is 2.36. The molecule has 21 heavy (non-hydrogen) atoms. The van der Waals surface area contributed by atoms with E-state index in [9.17, 15) is 4.79 Å². The Hall–Kier alpha value is -1.49. The smallest absolute Gasteiger partial charge is 0.294 e. The first-order valence-electron chi connectivity index (χ1n) is 7.50. The number of aromatic nitrogens is 2. The summed E-state index contributed by atoms with van der Waals surface area (Å²) in [7, 11) is 0. The van der Waals surface area contributed by atoms with Crippen LogP contribution in [0.2, 0.25) is 0 Å². The fourth-order valence-electron chi connectivity index (χ4n) is 3.39. The minimum absolute atomic E-state index is 0.100. The van der Waals surface area contributed by atoms with Crippen LogP contribution in [0.15, 0.2) is 33.5 Å². The molecule has 2 aromatic rings. The first kappa shape index (κ1) is 14.4. The van der Waals surface area contributed by atoms with Crippen LogP contribution in [-0.4, -0.2) is 9.36 Å². The second-order valence-electron chi connectivity index (χ2n) is 5.59. The first-order valence-corrected chi connectivity index (χ1v) is 8.30. The fraction of sp³-hybridized carbons (Fsp3) is 0.438. The van der Waals surface area contributed by atoms with Gasteiger partial charge in [-0.1, -0.05) is 34.8 Å². The van der Waals surface area contributed by atoms with Gasteiger partial charge in [-0.15, -0.1) is 0 Å². The highest BCUT2D eigenvalue weighted by Gasteiger charge is 2.27. The monoisotopic (exact) mass is 349 g/mol. The molecular formula is C16H20BrN3O. The summed E-state index contributed by atoms with van der Waals surface area (Å²) in [5.41, 5.74) is 8.37. The van der Waals surface area contributed by atoms with Crippen LogP contribution in [0.5, 0.6) is 0 Å². The SMILES string of the molecule is CCn1c(C2CCCC2)c(N)c(=O)n1-c1cccc(Br)c1. The van der Waals surface area contributed by atoms with E-state index in [4.69, 9.17) is 5.73 Å². The molecule has 112 valence electrons. The van der Waals surface area contributed by atoms with Crippen LogP contribution in [0.3, 0.4) is 0 Å². The van der Waals surface area contributed by atoms with E-state index in [1.165, 1.54) is 12.8 Å². The molecule has 0 amide bonds. The lowest BCUT2D eigenvalue weighted by atomic mass is 10.0. The predicted molar refractivity (Wildman–Crippen MR) is 89.0 cm³/mol. The maximum absolute atomic E-state index is 12.6. The van der Waals surface area contributed by atoms with Crippen molar-refractivity contribution in [1.29, 1.82) is 0 Å². The van der Waals surface area contributed by atoms with Gasteiger partial charge >= 0.3 is 0 Å². The Bertz CT molecular complexity index is 711. The van der Waals surface area contributed by atoms with Crippen molar-refractivity contribution in [2.24, 2.45) is 0 Å². The van der Waals surface area contributed by atoms with Crippen LogP contribution in [0, 0.1) is 0 Å². The third-order valence-electron chi connectivity index (χ3n) is 4.31. The molecule has 0 radical (unpaired) electrons. The van der Waals surface area contributed by atoms with Gasteiger partial charge in [-0.2, -0.15) is 0 Å². The molecule has 1 fully saturated rings. The number of nitrogen functional groups attached to an aromatic ring is 1. The van der Waals surface area contributed by atoms with Gasteiger partial charge in [0.1, 0.15) is 5.69 Å². The maximum Gasteiger partial charge on any atom is 0.294 e. The minimum Gasteiger partial charge on any atom is -0.393 e. The Morgan fingerprint density at radius 1 is 1.33 bits per heavy atom. The molecule has 4 nitrogen and oxygen atoms in total. The molecule has 0 aliphatic heterocycles. The molecule has 1 saturated carbocycles. The molecule has 1 aliphatic rings. The summed E-state index contributed by atoms with van der Waals surface area (Å²) in [6.07, 6.45) is 4.71. The summed E-state index contributed by atoms with van der Waals surface area (Å²) in [5, 5.41) is 0. The summed E-state index contributed by atoms with van der Waals surface area (Å²) in [4.78, 5) is 12.6. The van der Waals surface area contributed by atoms with Crippen molar-refractivity contribution >= 4 is 21.6 Å². The minimum atomic E-state index is -0.100. The number of halogens is 1. The van der Waals surface area contributed by atoms with Crippen molar-refractivity contribution < 1.29 is 0 Å². The zero-order chi connectivity index (χ0) is 15.0. The van der Waals surface area contributed by atoms with Crippen LogP contribution < -0.4 is 11.3 Å². The maximum atomic E-state index is 12.6. The van der Waals surface area contributed by atoms with Gasteiger partial charge in [0.15, 0.2) is 0 Å². The molecule has 0 bridgehead atoms. The molecular weight excluding hydrogens is 330 g/mol. The van der Waals surface area contributed by atoms with Crippen LogP contribution in [0.4, 0.5) is 5.69 Å². The average molecular weight is 350 g/mol. The fourth-order valence-corrected chi connectivity index (χ4v) is 3.77. The van der Waals surface area contributed by atoms with Crippen molar-refractivity contribution in [3.63, 3.8) is 0 Å². The predicted octanol–water partition coefficient (Wildman–Crippen LogP) is 3.66. The van der Waals surface area contributed by atoms with Gasteiger partial charge in [-0.3, -0.25) is 9.48 Å². The van der Waals surface area contributed by atoms with Crippen molar-refractivity contribution in [1.82, 2.24) is 9.36 Å². The summed E-state index contributed by atoms with van der Waals surface area (Å²) in [6, 6.07) is 7.78. The number of benzene rings is 1. The van der Waals surface area contributed by atoms with Gasteiger partial charge < -0.3 is 5.73 Å². The number of hydrogen-bond acceptors (Lipinski definition) is 2. The summed E-state index contributed by atoms with van der Waals surface area (Å²) >= 11 is 3.47. The van der Waals surface area contributed by atoms with Gasteiger partial charge in [0.2, 0.25) is 0 Å². The Morgan fingerprint density at radius 2 is 2.05 bits per heavy atom. The Balaban J connectivity index is 2.21. The van der Waals surface area contributed by atoms with Gasteiger partial charge in [-0.25, -0.2) is 4.68 Å². The van der Waals surface area contributed by atoms with Crippen molar-refractivity contribution in [2.75, 3.05) is 5.73 Å². The molecule has 0 spiro atoms. The lowest BCUT2D eigenvalue weighted by Crippen LogP contribution is -2.22. The molecule has 2 N–H and O–H groups in total. The van der Waals surface area contributed by atoms with Crippen LogP contribution in [-0.2, 0) is 6.54 Å². The number of hydrogen-bond donors (Lipinski definition) is 1. The summed E-state index contributed by atoms with van der Waals surface area (Å²) in [6.45, 7) is 2.80. The number of anilines is 1. The molecule has 1 aromatic heterocycles. The van der Waals surface area contributed by atoms with Crippen molar-refractivity contribution in [3.8, 4) is 5.69 Å². The zero-order valence-electron chi connectivity index (χ0n) is 12.2. The van der Waals surface area contributed by atoms with Crippen molar-refractivity contribution in [3.05, 3.63) is 44.8 Å². The van der Waals surface area contributed by atoms with Gasteiger partial charge in [0.05, 0.1) is 11.4 Å². The van der Waals surface area contributed by atoms with E-state index in [-0.39, 0.29) is 5.56 Å². The number of nitrogens with zero attached hydrogens (tertiary/aromatic N) is 2. The summed E-state index contributed by atoms with van der Waals surface area (Å²) < 4.78 is 4.72. The number of rotatable bonds is 3. The first-order chi connectivity index (χ1) is 10.1. The lowest BCUT2D eigenvalue weighted by molar-refractivity contribution is 0.518. The Labute approximate surface area is 132 Å². The molecule has 0 atom stereocenters. The molecule has 0 unspecified atom stereocenters. The van der Waals surface area contributed by atoms with Crippen LogP contribution in [0.25, 0.3) is 5.69 Å². The average Bonchev–Trinajstić information content (AvgIpc) is 3.06. The molecule has 3 rings (SSSR count). The third kappa shape index (κ3) is 2.44. The third-order valence-corrected chi connectivity index (χ3v) is 4.81. The molecule has 1 heterocycles. The van der Waals surface area contributed by atoms with Crippen LogP contribution >= 0.6 is 15.9 Å². The van der Waals surface area contributed by atoms with Crippen LogP contribution in [0.1, 0.15) is 44.2 Å². The molecule has 0 saturated heterocycles. The highest BCUT2D eigenvalue weighted by molar-refractivity contribution is 9.10. The van der Waals surface area contributed by atoms with E-state index in [1.54, 1.807) is 4.68 Å². The zero-order valence-corrected chi connectivity index (χ0v) is 13.8. The van der Waals surface area contributed by atoms with E-state index in [1.807, 2.05) is 24.3 Å². The lowest BCUT2D eigenvalue weighted by Gasteiger charge is -2.17. The van der Waals surface area contributed by atoms with E-state index in [0.717, 1.165) is 35.2 Å².